The monoisotopic (exact) mass is 349 g/mol. The Hall–Kier alpha value is -2.19. The third-order valence-corrected chi connectivity index (χ3v) is 6.39. The standard InChI is InChI=1S/C16H19N3O4S/c1-10-15(11(2)23-18-10)24(21,22)19-9-13-7-5-4-6-12(13)8-14(19)16(20)17-3/h4-7,14H,8-9H2,1-3H3,(H,17,20). The summed E-state index contributed by atoms with van der Waals surface area (Å²) in [5.74, 6) is -0.109. The molecule has 24 heavy (non-hydrogen) atoms. The fourth-order valence-electron chi connectivity index (χ4n) is 3.10. The third kappa shape index (κ3) is 2.61. The number of aryl methyl sites for hydroxylation is 2. The maximum Gasteiger partial charge on any atom is 0.249 e. The Kier molecular flexibility index (Phi) is 4.18. The molecule has 0 aliphatic carbocycles. The summed E-state index contributed by atoms with van der Waals surface area (Å²) < 4.78 is 32.6. The highest BCUT2D eigenvalue weighted by Crippen LogP contribution is 2.31. The van der Waals surface area contributed by atoms with Crippen molar-refractivity contribution in [2.45, 2.75) is 37.8 Å². The molecule has 2 heterocycles. The summed E-state index contributed by atoms with van der Waals surface area (Å²) in [4.78, 5) is 12.4. The molecule has 1 aromatic heterocycles. The normalized spacial score (nSPS) is 18.2. The van der Waals surface area contributed by atoms with Crippen LogP contribution in [0.3, 0.4) is 0 Å². The van der Waals surface area contributed by atoms with Crippen LogP contribution in [0.25, 0.3) is 0 Å². The van der Waals surface area contributed by atoms with Crippen molar-refractivity contribution in [3.05, 3.63) is 46.8 Å². The average molecular weight is 349 g/mol. The average Bonchev–Trinajstić information content (AvgIpc) is 2.92. The van der Waals surface area contributed by atoms with Gasteiger partial charge in [0.15, 0.2) is 5.76 Å². The van der Waals surface area contributed by atoms with Crippen molar-refractivity contribution in [2.75, 3.05) is 7.05 Å². The molecule has 0 fully saturated rings. The molecule has 2 aromatic rings. The second-order valence-electron chi connectivity index (χ2n) is 5.81. The van der Waals surface area contributed by atoms with Gasteiger partial charge in [0, 0.05) is 13.6 Å². The number of fused-ring (bicyclic) bond motifs is 1. The number of aromatic nitrogens is 1. The maximum absolute atomic E-state index is 13.2. The van der Waals surface area contributed by atoms with Crippen LogP contribution in [-0.2, 0) is 27.8 Å². The second kappa shape index (κ2) is 6.03. The number of benzene rings is 1. The predicted molar refractivity (Wildman–Crippen MR) is 86.7 cm³/mol. The molecule has 0 spiro atoms. The van der Waals surface area contributed by atoms with Crippen molar-refractivity contribution in [1.82, 2.24) is 14.8 Å². The number of carbonyl (C=O) groups excluding carboxylic acids is 1. The Balaban J connectivity index is 2.11. The van der Waals surface area contributed by atoms with Crippen LogP contribution in [0.5, 0.6) is 0 Å². The molecule has 1 N–H and O–H groups in total. The molecule has 0 saturated carbocycles. The van der Waals surface area contributed by atoms with Crippen molar-refractivity contribution in [3.8, 4) is 0 Å². The summed E-state index contributed by atoms with van der Waals surface area (Å²) in [5.41, 5.74) is 2.17. The topological polar surface area (TPSA) is 92.5 Å². The SMILES string of the molecule is CNC(=O)C1Cc2ccccc2CN1S(=O)(=O)c1c(C)noc1C. The molecule has 7 nitrogen and oxygen atoms in total. The van der Waals surface area contributed by atoms with Crippen LogP contribution in [0.1, 0.15) is 22.6 Å². The van der Waals surface area contributed by atoms with Crippen LogP contribution in [0.15, 0.2) is 33.7 Å². The molecule has 1 aliphatic rings. The highest BCUT2D eigenvalue weighted by molar-refractivity contribution is 7.89. The Morgan fingerprint density at radius 2 is 1.96 bits per heavy atom. The van der Waals surface area contributed by atoms with Gasteiger partial charge in [-0.3, -0.25) is 4.79 Å². The molecule has 0 bridgehead atoms. The van der Waals surface area contributed by atoms with Crippen LogP contribution < -0.4 is 5.32 Å². The summed E-state index contributed by atoms with van der Waals surface area (Å²) in [6, 6.07) is 6.75. The lowest BCUT2D eigenvalue weighted by Crippen LogP contribution is -2.51. The van der Waals surface area contributed by atoms with Crippen molar-refractivity contribution >= 4 is 15.9 Å². The molecule has 1 aromatic carbocycles. The van der Waals surface area contributed by atoms with E-state index in [0.717, 1.165) is 11.1 Å². The number of nitrogens with zero attached hydrogens (tertiary/aromatic N) is 2. The van der Waals surface area contributed by atoms with E-state index >= 15 is 0 Å². The van der Waals surface area contributed by atoms with E-state index in [1.165, 1.54) is 11.4 Å². The summed E-state index contributed by atoms with van der Waals surface area (Å²) in [6.07, 6.45) is 0.332. The largest absolute Gasteiger partial charge is 0.360 e. The fraction of sp³-hybridized carbons (Fsp3) is 0.375. The zero-order valence-corrected chi connectivity index (χ0v) is 14.6. The van der Waals surface area contributed by atoms with E-state index in [2.05, 4.69) is 10.5 Å². The van der Waals surface area contributed by atoms with Gasteiger partial charge in [0.05, 0.1) is 0 Å². The molecular weight excluding hydrogens is 330 g/mol. The Bertz CT molecular complexity index is 869. The summed E-state index contributed by atoms with van der Waals surface area (Å²) in [5, 5.41) is 6.29. The molecule has 0 saturated heterocycles. The van der Waals surface area contributed by atoms with Crippen molar-refractivity contribution in [2.24, 2.45) is 0 Å². The molecule has 0 radical (unpaired) electrons. The van der Waals surface area contributed by atoms with Gasteiger partial charge in [-0.15, -0.1) is 0 Å². The van der Waals surface area contributed by atoms with Gasteiger partial charge < -0.3 is 9.84 Å². The van der Waals surface area contributed by atoms with E-state index in [1.54, 1.807) is 13.8 Å². The second-order valence-corrected chi connectivity index (χ2v) is 7.63. The molecular formula is C16H19N3O4S. The predicted octanol–water partition coefficient (Wildman–Crippen LogP) is 1.15. The maximum atomic E-state index is 13.2. The van der Waals surface area contributed by atoms with E-state index < -0.39 is 16.1 Å². The van der Waals surface area contributed by atoms with Crippen molar-refractivity contribution < 1.29 is 17.7 Å². The molecule has 1 aliphatic heterocycles. The molecule has 3 rings (SSSR count). The minimum absolute atomic E-state index is 0.0378. The lowest BCUT2D eigenvalue weighted by atomic mass is 9.95. The number of sulfonamides is 1. The van der Waals surface area contributed by atoms with Crippen LogP contribution in [0.4, 0.5) is 0 Å². The molecule has 1 unspecified atom stereocenters. The molecule has 1 amide bonds. The van der Waals surface area contributed by atoms with Gasteiger partial charge in [-0.2, -0.15) is 4.31 Å². The fourth-order valence-corrected chi connectivity index (χ4v) is 4.96. The van der Waals surface area contributed by atoms with Crippen LogP contribution in [0, 0.1) is 13.8 Å². The van der Waals surface area contributed by atoms with Crippen LogP contribution in [0.2, 0.25) is 0 Å². The zero-order valence-electron chi connectivity index (χ0n) is 13.7. The van der Waals surface area contributed by atoms with Gasteiger partial charge in [0.2, 0.25) is 15.9 Å². The Labute approximate surface area is 140 Å². The van der Waals surface area contributed by atoms with Crippen LogP contribution in [-0.4, -0.2) is 36.9 Å². The highest BCUT2D eigenvalue weighted by atomic mass is 32.2. The first-order valence-corrected chi connectivity index (χ1v) is 9.03. The van der Waals surface area contributed by atoms with E-state index in [1.807, 2.05) is 24.3 Å². The number of nitrogens with one attached hydrogen (secondary N) is 1. The zero-order chi connectivity index (χ0) is 17.5. The lowest BCUT2D eigenvalue weighted by molar-refractivity contribution is -0.124. The quantitative estimate of drug-likeness (QED) is 0.897. The van der Waals surface area contributed by atoms with Crippen LogP contribution >= 0.6 is 0 Å². The van der Waals surface area contributed by atoms with Crippen molar-refractivity contribution in [1.29, 1.82) is 0 Å². The van der Waals surface area contributed by atoms with Gasteiger partial charge in [-0.25, -0.2) is 8.42 Å². The number of hydrogen-bond donors (Lipinski definition) is 1. The van der Waals surface area contributed by atoms with E-state index in [4.69, 9.17) is 4.52 Å². The van der Waals surface area contributed by atoms with E-state index in [9.17, 15) is 13.2 Å². The smallest absolute Gasteiger partial charge is 0.249 e. The number of hydrogen-bond acceptors (Lipinski definition) is 5. The van der Waals surface area contributed by atoms with Crippen molar-refractivity contribution in [3.63, 3.8) is 0 Å². The molecule has 8 heteroatoms. The Morgan fingerprint density at radius 3 is 2.54 bits per heavy atom. The summed E-state index contributed by atoms with van der Waals surface area (Å²) in [6.45, 7) is 3.27. The lowest BCUT2D eigenvalue weighted by Gasteiger charge is -2.34. The number of carbonyl (C=O) groups is 1. The molecule has 1 atom stereocenters. The number of likely N-dealkylation sites (N-methyl/N-ethyl adjacent to an activating group) is 1. The van der Waals surface area contributed by atoms with E-state index in [0.29, 0.717) is 12.1 Å². The van der Waals surface area contributed by atoms with E-state index in [-0.39, 0.29) is 23.1 Å². The summed E-state index contributed by atoms with van der Waals surface area (Å²) >= 11 is 0. The van der Waals surface area contributed by atoms with Gasteiger partial charge in [-0.05, 0) is 31.4 Å². The molecule has 128 valence electrons. The van der Waals surface area contributed by atoms with Gasteiger partial charge >= 0.3 is 0 Å². The highest BCUT2D eigenvalue weighted by Gasteiger charge is 2.41. The first-order valence-electron chi connectivity index (χ1n) is 7.59. The minimum atomic E-state index is -3.91. The van der Waals surface area contributed by atoms with Gasteiger partial charge in [0.1, 0.15) is 16.6 Å². The first kappa shape index (κ1) is 16.7. The first-order chi connectivity index (χ1) is 11.4. The van der Waals surface area contributed by atoms with Gasteiger partial charge in [-0.1, -0.05) is 29.4 Å². The third-order valence-electron chi connectivity index (χ3n) is 4.29. The number of rotatable bonds is 3. The Morgan fingerprint density at radius 1 is 1.29 bits per heavy atom. The summed E-state index contributed by atoms with van der Waals surface area (Å²) in [7, 11) is -2.41. The van der Waals surface area contributed by atoms with Gasteiger partial charge in [0.25, 0.3) is 0 Å². The number of amides is 1. The minimum Gasteiger partial charge on any atom is -0.360 e.